The second-order valence-electron chi connectivity index (χ2n) is 9.90. The second-order valence-corrected chi connectivity index (χ2v) is 10.9. The van der Waals surface area contributed by atoms with Gasteiger partial charge in [0.15, 0.2) is 0 Å². The molecule has 1 atom stereocenters. The van der Waals surface area contributed by atoms with Crippen molar-refractivity contribution in [2.45, 2.75) is 57.0 Å². The largest absolute Gasteiger partial charge is 0.322 e. The van der Waals surface area contributed by atoms with Crippen LogP contribution in [0.2, 0.25) is 0 Å². The number of nitrogens with one attached hydrogen (secondary N) is 1. The van der Waals surface area contributed by atoms with Crippen molar-refractivity contribution in [3.05, 3.63) is 56.8 Å². The topological polar surface area (TPSA) is 104 Å². The molecule has 3 aliphatic rings. The van der Waals surface area contributed by atoms with Gasteiger partial charge in [0.2, 0.25) is 23.4 Å². The van der Waals surface area contributed by atoms with E-state index in [2.05, 4.69) is 17.3 Å². The molecule has 3 aliphatic heterocycles. The molecule has 36 heavy (non-hydrogen) atoms. The van der Waals surface area contributed by atoms with Gasteiger partial charge in [-0.2, -0.15) is 0 Å². The number of piperidine rings is 2. The van der Waals surface area contributed by atoms with Crippen LogP contribution < -0.4 is 5.32 Å². The van der Waals surface area contributed by atoms with E-state index in [0.717, 1.165) is 36.4 Å². The molecule has 188 valence electrons. The molecule has 4 heterocycles. The highest BCUT2D eigenvalue weighted by Gasteiger charge is 2.40. The Kier molecular flexibility index (Phi) is 6.85. The van der Waals surface area contributed by atoms with Crippen molar-refractivity contribution in [1.82, 2.24) is 15.1 Å². The lowest BCUT2D eigenvalue weighted by atomic mass is 9.88. The van der Waals surface area contributed by atoms with Gasteiger partial charge in [0.25, 0.3) is 5.91 Å². The number of Topliss-reactive ketones (excluding diaryl/α,β-unsaturated/α-hetero) is 2. The summed E-state index contributed by atoms with van der Waals surface area (Å²) in [6, 6.07) is 6.79. The van der Waals surface area contributed by atoms with Gasteiger partial charge in [-0.25, -0.2) is 0 Å². The molecular formula is C27H29N3O5S. The molecular weight excluding hydrogens is 478 g/mol. The molecule has 8 nitrogen and oxygen atoms in total. The van der Waals surface area contributed by atoms with Crippen LogP contribution in [0.1, 0.15) is 74.7 Å². The van der Waals surface area contributed by atoms with Crippen LogP contribution in [-0.2, 0) is 27.3 Å². The summed E-state index contributed by atoms with van der Waals surface area (Å²) in [6.07, 6.45) is 3.14. The first-order valence-electron chi connectivity index (χ1n) is 12.4. The van der Waals surface area contributed by atoms with E-state index >= 15 is 0 Å². The number of ketones is 2. The summed E-state index contributed by atoms with van der Waals surface area (Å²) >= 11 is 1.40. The van der Waals surface area contributed by atoms with Crippen molar-refractivity contribution in [1.29, 1.82) is 0 Å². The van der Waals surface area contributed by atoms with Crippen LogP contribution in [0.15, 0.2) is 29.6 Å². The molecule has 2 aromatic rings. The van der Waals surface area contributed by atoms with Gasteiger partial charge in [0, 0.05) is 35.2 Å². The number of thiophene rings is 1. The van der Waals surface area contributed by atoms with Crippen LogP contribution in [0.3, 0.4) is 0 Å². The van der Waals surface area contributed by atoms with Gasteiger partial charge in [0.1, 0.15) is 6.04 Å². The van der Waals surface area contributed by atoms with Gasteiger partial charge in [0.05, 0.1) is 5.56 Å². The van der Waals surface area contributed by atoms with Gasteiger partial charge in [-0.1, -0.05) is 24.3 Å². The lowest BCUT2D eigenvalue weighted by Gasteiger charge is -2.29. The maximum Gasteiger partial charge on any atom is 0.256 e. The van der Waals surface area contributed by atoms with Crippen molar-refractivity contribution >= 4 is 40.6 Å². The van der Waals surface area contributed by atoms with E-state index in [0.29, 0.717) is 29.9 Å². The van der Waals surface area contributed by atoms with Crippen molar-refractivity contribution in [2.24, 2.45) is 0 Å². The van der Waals surface area contributed by atoms with Gasteiger partial charge in [-0.3, -0.25) is 29.3 Å². The van der Waals surface area contributed by atoms with Crippen LogP contribution >= 0.6 is 11.3 Å². The summed E-state index contributed by atoms with van der Waals surface area (Å²) in [5.41, 5.74) is 2.99. The maximum absolute atomic E-state index is 12.9. The first-order valence-corrected chi connectivity index (χ1v) is 13.3. The molecule has 0 radical (unpaired) electrons. The second kappa shape index (κ2) is 10.1. The highest BCUT2D eigenvalue weighted by Crippen LogP contribution is 2.34. The number of nitrogens with zero attached hydrogens (tertiary/aromatic N) is 2. The number of hydrogen-bond donors (Lipinski definition) is 1. The lowest BCUT2D eigenvalue weighted by molar-refractivity contribution is -0.136. The molecule has 1 unspecified atom stereocenters. The molecule has 2 fully saturated rings. The molecule has 0 spiro atoms. The number of aryl methyl sites for hydroxylation is 1. The number of hydrogen-bond acceptors (Lipinski definition) is 7. The van der Waals surface area contributed by atoms with Crippen LogP contribution in [0, 0.1) is 0 Å². The van der Waals surface area contributed by atoms with E-state index in [4.69, 9.17) is 0 Å². The van der Waals surface area contributed by atoms with Crippen LogP contribution in [0.4, 0.5) is 0 Å². The molecule has 1 aromatic carbocycles. The molecule has 1 N–H and O–H groups in total. The van der Waals surface area contributed by atoms with Crippen LogP contribution in [0.25, 0.3) is 0 Å². The number of benzene rings is 1. The third-order valence-electron chi connectivity index (χ3n) is 7.58. The summed E-state index contributed by atoms with van der Waals surface area (Å²) in [5.74, 6) is -1.44. The Morgan fingerprint density at radius 3 is 2.47 bits per heavy atom. The highest BCUT2D eigenvalue weighted by molar-refractivity contribution is 7.10. The smallest absolute Gasteiger partial charge is 0.256 e. The molecule has 0 aliphatic carbocycles. The third kappa shape index (κ3) is 4.77. The van der Waals surface area contributed by atoms with Gasteiger partial charge in [-0.15, -0.1) is 11.3 Å². The third-order valence-corrected chi connectivity index (χ3v) is 8.67. The molecule has 5 rings (SSSR count). The molecule has 3 amide bonds. The first kappa shape index (κ1) is 24.5. The number of amides is 3. The van der Waals surface area contributed by atoms with Gasteiger partial charge in [-0.05, 0) is 62.9 Å². The van der Waals surface area contributed by atoms with Crippen LogP contribution in [-0.4, -0.2) is 65.3 Å². The van der Waals surface area contributed by atoms with E-state index in [-0.39, 0.29) is 31.2 Å². The quantitative estimate of drug-likeness (QED) is 0.351. The van der Waals surface area contributed by atoms with Gasteiger partial charge < -0.3 is 9.80 Å². The van der Waals surface area contributed by atoms with Crippen molar-refractivity contribution < 1.29 is 24.0 Å². The number of rotatable bonds is 7. The van der Waals surface area contributed by atoms with Gasteiger partial charge >= 0.3 is 0 Å². The van der Waals surface area contributed by atoms with Crippen molar-refractivity contribution in [3.63, 3.8) is 0 Å². The fourth-order valence-corrected chi connectivity index (χ4v) is 6.40. The Labute approximate surface area is 213 Å². The molecule has 0 saturated carbocycles. The number of imide groups is 1. The zero-order valence-corrected chi connectivity index (χ0v) is 21.1. The fraction of sp³-hybridized carbons (Fsp3) is 0.444. The first-order chi connectivity index (χ1) is 17.3. The number of likely N-dealkylation sites (tertiary alicyclic amines) is 1. The average molecular weight is 508 g/mol. The summed E-state index contributed by atoms with van der Waals surface area (Å²) in [6.45, 7) is 2.40. The van der Waals surface area contributed by atoms with E-state index in [9.17, 15) is 24.0 Å². The van der Waals surface area contributed by atoms with E-state index in [1.165, 1.54) is 21.8 Å². The minimum Gasteiger partial charge on any atom is -0.322 e. The lowest BCUT2D eigenvalue weighted by Crippen LogP contribution is -2.52. The van der Waals surface area contributed by atoms with E-state index < -0.39 is 23.5 Å². The zero-order chi connectivity index (χ0) is 25.4. The number of carbonyl (C=O) groups is 5. The van der Waals surface area contributed by atoms with E-state index in [1.807, 2.05) is 12.1 Å². The van der Waals surface area contributed by atoms with Crippen LogP contribution in [0.5, 0.6) is 0 Å². The molecule has 9 heteroatoms. The predicted octanol–water partition coefficient (Wildman–Crippen LogP) is 2.70. The summed E-state index contributed by atoms with van der Waals surface area (Å²) in [7, 11) is 2.13. The highest BCUT2D eigenvalue weighted by atomic mass is 32.1. The SMILES string of the molecule is CN1CCC(c2ccc(C(=O)C(=O)CCc3scc4c3CN(C3CCC(=O)NC3=O)C4=O)cc2)CC1. The average Bonchev–Trinajstić information content (AvgIpc) is 3.42. The number of carbonyl (C=O) groups excluding carboxylic acids is 5. The Balaban J connectivity index is 1.19. The fourth-order valence-electron chi connectivity index (χ4n) is 5.36. The normalized spacial score (nSPS) is 21.0. The zero-order valence-electron chi connectivity index (χ0n) is 20.2. The minimum absolute atomic E-state index is 0.0646. The molecule has 0 bridgehead atoms. The molecule has 1 aromatic heterocycles. The Morgan fingerprint density at radius 2 is 1.78 bits per heavy atom. The standard InChI is InChI=1S/C27H29N3O5S/c1-29-12-10-17(11-13-29)16-2-4-18(5-3-16)25(33)22(31)7-8-23-19-14-30(27(35)20(19)15-36-23)21-6-9-24(32)28-26(21)34/h2-5,15,17,21H,6-14H2,1H3,(H,28,32,34). The summed E-state index contributed by atoms with van der Waals surface area (Å²) in [5, 5.41) is 4.06. The Hall–Kier alpha value is -3.17. The minimum atomic E-state index is -0.666. The molecule has 2 saturated heterocycles. The predicted molar refractivity (Wildman–Crippen MR) is 134 cm³/mol. The van der Waals surface area contributed by atoms with Crippen molar-refractivity contribution in [3.8, 4) is 0 Å². The summed E-state index contributed by atoms with van der Waals surface area (Å²) < 4.78 is 0. The summed E-state index contributed by atoms with van der Waals surface area (Å²) in [4.78, 5) is 66.7. The maximum atomic E-state index is 12.9. The Bertz CT molecular complexity index is 1230. The van der Waals surface area contributed by atoms with Crippen molar-refractivity contribution in [2.75, 3.05) is 20.1 Å². The number of fused-ring (bicyclic) bond motifs is 1. The Morgan fingerprint density at radius 1 is 1.06 bits per heavy atom. The van der Waals surface area contributed by atoms with E-state index in [1.54, 1.807) is 17.5 Å². The monoisotopic (exact) mass is 507 g/mol.